The van der Waals surface area contributed by atoms with Crippen LogP contribution in [0.25, 0.3) is 0 Å². The lowest BCUT2D eigenvalue weighted by atomic mass is 9.84. The molecule has 0 radical (unpaired) electrons. The first kappa shape index (κ1) is 39.7. The number of likely N-dealkylation sites (N-methyl/N-ethyl adjacent to an activating group) is 1. The number of likely N-dealkylation sites (tertiary alicyclic amines) is 1. The van der Waals surface area contributed by atoms with Gasteiger partial charge in [0.05, 0.1) is 0 Å². The van der Waals surface area contributed by atoms with Gasteiger partial charge in [0.25, 0.3) is 21.9 Å². The Morgan fingerprint density at radius 3 is 1.91 bits per heavy atom. The molecular weight excluding hydrogens is 635 g/mol. The summed E-state index contributed by atoms with van der Waals surface area (Å²) in [4.78, 5) is 67.3. The van der Waals surface area contributed by atoms with Gasteiger partial charge in [-0.3, -0.25) is 19.2 Å². The van der Waals surface area contributed by atoms with Crippen molar-refractivity contribution in [3.8, 4) is 0 Å². The number of Topliss-reactive ketones (excluding diaryl/α,β-unsaturated/α-hetero) is 1. The van der Waals surface area contributed by atoms with E-state index in [1.54, 1.807) is 20.8 Å². The van der Waals surface area contributed by atoms with E-state index in [0.29, 0.717) is 6.42 Å². The minimum atomic E-state index is -3.74. The van der Waals surface area contributed by atoms with Crippen molar-refractivity contribution in [2.24, 2.45) is 28.4 Å². The molecule has 2 aliphatic rings. The molecule has 2 fully saturated rings. The fourth-order valence-electron chi connectivity index (χ4n) is 5.31. The fraction of sp³-hybridized carbons (Fsp3) is 0.833. The number of amides is 5. The van der Waals surface area contributed by atoms with Gasteiger partial charge in [0.2, 0.25) is 11.8 Å². The lowest BCUT2D eigenvalue weighted by Gasteiger charge is -2.38. The summed E-state index contributed by atoms with van der Waals surface area (Å²) in [7, 11) is 0.546. The Kier molecular flexibility index (Phi) is 13.1. The third kappa shape index (κ3) is 10.3. The third-order valence-corrected chi connectivity index (χ3v) is 11.8. The van der Waals surface area contributed by atoms with Crippen molar-refractivity contribution in [2.45, 2.75) is 103 Å². The molecular formula is C30H55N7O7S2. The maximum Gasteiger partial charge on any atom is 0.315 e. The summed E-state index contributed by atoms with van der Waals surface area (Å²) in [6.07, 6.45) is 2.27. The van der Waals surface area contributed by atoms with Crippen LogP contribution < -0.4 is 21.7 Å². The summed E-state index contributed by atoms with van der Waals surface area (Å²) < 4.78 is 27.6. The predicted octanol–water partition coefficient (Wildman–Crippen LogP) is 1.12. The predicted molar refractivity (Wildman–Crippen MR) is 179 cm³/mol. The van der Waals surface area contributed by atoms with Crippen molar-refractivity contribution in [2.75, 3.05) is 34.2 Å². The van der Waals surface area contributed by atoms with Crippen LogP contribution in [0.2, 0.25) is 0 Å². The van der Waals surface area contributed by atoms with E-state index >= 15 is 0 Å². The summed E-state index contributed by atoms with van der Waals surface area (Å²) >= 11 is 1.19. The summed E-state index contributed by atoms with van der Waals surface area (Å²) in [5, 5.41) is 7.39. The van der Waals surface area contributed by atoms with Crippen LogP contribution in [-0.2, 0) is 29.4 Å². The van der Waals surface area contributed by atoms with E-state index in [4.69, 9.17) is 5.73 Å². The Morgan fingerprint density at radius 1 is 0.913 bits per heavy atom. The van der Waals surface area contributed by atoms with Gasteiger partial charge in [-0.2, -0.15) is 17.0 Å². The molecule has 5 atom stereocenters. The smallest absolute Gasteiger partial charge is 0.315 e. The monoisotopic (exact) mass is 689 g/mol. The number of nitrogens with one attached hydrogen (secondary N) is 3. The van der Waals surface area contributed by atoms with Gasteiger partial charge in [-0.15, -0.1) is 11.8 Å². The van der Waals surface area contributed by atoms with Crippen molar-refractivity contribution in [3.05, 3.63) is 0 Å². The van der Waals surface area contributed by atoms with E-state index in [1.807, 2.05) is 34.6 Å². The van der Waals surface area contributed by atoms with Gasteiger partial charge in [0, 0.05) is 45.5 Å². The number of carbonyl (C=O) groups is 5. The van der Waals surface area contributed by atoms with E-state index in [0.717, 1.165) is 21.5 Å². The second kappa shape index (κ2) is 15.2. The quantitative estimate of drug-likeness (QED) is 0.154. The highest BCUT2D eigenvalue weighted by Crippen LogP contribution is 2.37. The summed E-state index contributed by atoms with van der Waals surface area (Å²) in [6.45, 7) is 15.2. The molecule has 16 heteroatoms. The first-order chi connectivity index (χ1) is 20.9. The molecule has 1 saturated heterocycles. The van der Waals surface area contributed by atoms with Crippen molar-refractivity contribution >= 4 is 51.5 Å². The zero-order valence-electron chi connectivity index (χ0n) is 29.2. The number of urea groups is 1. The van der Waals surface area contributed by atoms with Crippen molar-refractivity contribution in [1.82, 2.24) is 29.5 Å². The van der Waals surface area contributed by atoms with Crippen LogP contribution in [0.5, 0.6) is 0 Å². The lowest BCUT2D eigenvalue weighted by Crippen LogP contribution is -2.62. The van der Waals surface area contributed by atoms with Gasteiger partial charge >= 0.3 is 6.03 Å². The number of hydrogen-bond donors (Lipinski definition) is 4. The number of rotatable bonds is 14. The minimum Gasteiger partial charge on any atom is -0.363 e. The Bertz CT molecular complexity index is 1260. The van der Waals surface area contributed by atoms with Crippen LogP contribution >= 0.6 is 11.8 Å². The minimum absolute atomic E-state index is 0.0138. The summed E-state index contributed by atoms with van der Waals surface area (Å²) in [5.41, 5.74) is 3.95. The normalized spacial score (nSPS) is 21.2. The van der Waals surface area contributed by atoms with Gasteiger partial charge in [-0.25, -0.2) is 4.79 Å². The fourth-order valence-corrected chi connectivity index (χ4v) is 7.42. The Hall–Kier alpha value is -2.43. The van der Waals surface area contributed by atoms with Crippen LogP contribution in [0.1, 0.15) is 74.7 Å². The molecule has 1 heterocycles. The van der Waals surface area contributed by atoms with Crippen LogP contribution in [0, 0.1) is 22.7 Å². The second-order valence-electron chi connectivity index (χ2n) is 15.0. The molecule has 0 bridgehead atoms. The number of carbonyl (C=O) groups excluding carboxylic acids is 5. The molecule has 5 N–H and O–H groups in total. The number of nitrogens with two attached hydrogens (primary N) is 1. The van der Waals surface area contributed by atoms with E-state index < -0.39 is 74.1 Å². The summed E-state index contributed by atoms with van der Waals surface area (Å²) in [6, 6.07) is -3.27. The second-order valence-corrected chi connectivity index (χ2v) is 18.7. The zero-order chi connectivity index (χ0) is 35.5. The molecule has 46 heavy (non-hydrogen) atoms. The Balaban J connectivity index is 2.33. The standard InChI is InChI=1S/C30H55N7O7S2/c1-17(2)19-14-15-37(21(19)25(40)34-26(22(38)24(31)39)45-18-12-13-18)27(41)23(30(6,7)8)33-28(42)32-20(29(3,4)5)16-36(11)46(43,44)35(9)10/h17-21,23,26H,12-16H2,1-11H3,(H2,31,39)(H,34,40)(H2,32,33,42)/t19-,20-,21+,23-,26?/m1/s1. The maximum absolute atomic E-state index is 14.3. The number of ketones is 1. The molecule has 264 valence electrons. The zero-order valence-corrected chi connectivity index (χ0v) is 30.8. The molecule has 0 aromatic carbocycles. The first-order valence-electron chi connectivity index (χ1n) is 15.7. The average Bonchev–Trinajstić information content (AvgIpc) is 3.61. The van der Waals surface area contributed by atoms with Crippen molar-refractivity contribution in [1.29, 1.82) is 0 Å². The molecule has 0 spiro atoms. The SMILES string of the molecule is CC(C)[C@H]1CCN(C(=O)[C@@H](NC(=O)N[C@H](CN(C)S(=O)(=O)N(C)C)C(C)(C)C)C(C)(C)C)[C@@H]1C(=O)NC(SC1CC1)C(=O)C(N)=O. The molecule has 1 aliphatic carbocycles. The third-order valence-electron chi connectivity index (χ3n) is 8.49. The van der Waals surface area contributed by atoms with Crippen LogP contribution in [-0.4, -0.2) is 114 Å². The van der Waals surface area contributed by atoms with Gasteiger partial charge in [0.1, 0.15) is 17.5 Å². The van der Waals surface area contributed by atoms with E-state index in [9.17, 15) is 32.4 Å². The molecule has 0 aromatic rings. The Labute approximate surface area is 278 Å². The van der Waals surface area contributed by atoms with Gasteiger partial charge in [-0.1, -0.05) is 55.4 Å². The van der Waals surface area contributed by atoms with Crippen molar-refractivity contribution in [3.63, 3.8) is 0 Å². The number of nitrogens with zero attached hydrogens (tertiary/aromatic N) is 3. The van der Waals surface area contributed by atoms with Crippen molar-refractivity contribution < 1.29 is 32.4 Å². The number of thioether (sulfide) groups is 1. The highest BCUT2D eigenvalue weighted by atomic mass is 32.2. The molecule has 14 nitrogen and oxygen atoms in total. The van der Waals surface area contributed by atoms with Crippen LogP contribution in [0.4, 0.5) is 4.79 Å². The van der Waals surface area contributed by atoms with E-state index in [1.165, 1.54) is 37.8 Å². The lowest BCUT2D eigenvalue weighted by molar-refractivity contribution is -0.143. The maximum atomic E-state index is 14.3. The average molecular weight is 690 g/mol. The topological polar surface area (TPSA) is 191 Å². The van der Waals surface area contributed by atoms with Gasteiger partial charge in [-0.05, 0) is 41.9 Å². The highest BCUT2D eigenvalue weighted by Gasteiger charge is 2.48. The molecule has 1 unspecified atom stereocenters. The first-order valence-corrected chi connectivity index (χ1v) is 18.0. The van der Waals surface area contributed by atoms with Gasteiger partial charge in [0.15, 0.2) is 0 Å². The highest BCUT2D eigenvalue weighted by molar-refractivity contribution is 8.01. The van der Waals surface area contributed by atoms with E-state index in [-0.39, 0.29) is 30.2 Å². The molecule has 5 amide bonds. The molecule has 1 saturated carbocycles. The van der Waals surface area contributed by atoms with Gasteiger partial charge < -0.3 is 26.6 Å². The largest absolute Gasteiger partial charge is 0.363 e. The van der Waals surface area contributed by atoms with Crippen LogP contribution in [0.15, 0.2) is 0 Å². The van der Waals surface area contributed by atoms with Crippen LogP contribution in [0.3, 0.4) is 0 Å². The molecule has 2 rings (SSSR count). The number of hydrogen-bond acceptors (Lipinski definition) is 8. The number of primary amides is 1. The molecule has 0 aromatic heterocycles. The van der Waals surface area contributed by atoms with E-state index in [2.05, 4.69) is 16.0 Å². The Morgan fingerprint density at radius 2 is 1.48 bits per heavy atom. The summed E-state index contributed by atoms with van der Waals surface area (Å²) in [5.74, 6) is -3.26. The molecule has 1 aliphatic heterocycles.